The number of furan rings is 1. The number of para-hydroxylation sites is 2. The molecule has 4 aromatic rings. The van der Waals surface area contributed by atoms with Crippen LogP contribution >= 0.6 is 0 Å². The van der Waals surface area contributed by atoms with Gasteiger partial charge in [-0.2, -0.15) is 0 Å². The number of carbonyl (C=O) groups is 2. The zero-order chi connectivity index (χ0) is 24.5. The molecule has 0 saturated carbocycles. The lowest BCUT2D eigenvalue weighted by molar-refractivity contribution is 0.0988. The molecular weight excluding hydrogens is 464 g/mol. The molecule has 0 atom stereocenters. The SMILES string of the molecule is C[Si]1(C)c2ccccc2N(c2ccccc2)c2oc(C=C3C(=O)c4c(F)ccc(F)c4C3=O)cc21. The van der Waals surface area contributed by atoms with Gasteiger partial charge in [0.25, 0.3) is 0 Å². The minimum atomic E-state index is -2.21. The molecule has 1 aromatic heterocycles. The molecule has 4 nitrogen and oxygen atoms in total. The number of carbonyl (C=O) groups excluding carboxylic acids is 2. The Labute approximate surface area is 201 Å². The number of halogens is 2. The van der Waals surface area contributed by atoms with Crippen molar-refractivity contribution in [2.45, 2.75) is 13.1 Å². The van der Waals surface area contributed by atoms with Crippen LogP contribution < -0.4 is 15.3 Å². The third-order valence-electron chi connectivity index (χ3n) is 6.77. The molecule has 1 aliphatic heterocycles. The first-order valence-corrected chi connectivity index (χ1v) is 14.2. The molecule has 172 valence electrons. The van der Waals surface area contributed by atoms with Gasteiger partial charge in [0, 0.05) is 16.6 Å². The maximum atomic E-state index is 14.3. The summed E-state index contributed by atoms with van der Waals surface area (Å²) in [6.45, 7) is 4.43. The van der Waals surface area contributed by atoms with E-state index in [1.54, 1.807) is 0 Å². The maximum absolute atomic E-state index is 14.3. The Bertz CT molecular complexity index is 1540. The molecule has 0 spiro atoms. The highest BCUT2D eigenvalue weighted by molar-refractivity contribution is 7.02. The molecule has 2 heterocycles. The predicted octanol–water partition coefficient (Wildman–Crippen LogP) is 5.63. The lowest BCUT2D eigenvalue weighted by Gasteiger charge is -2.37. The average molecular weight is 484 g/mol. The summed E-state index contributed by atoms with van der Waals surface area (Å²) in [4.78, 5) is 27.8. The van der Waals surface area contributed by atoms with Crippen molar-refractivity contribution in [1.82, 2.24) is 0 Å². The van der Waals surface area contributed by atoms with E-state index >= 15 is 0 Å². The number of nitrogens with zero attached hydrogens (tertiary/aromatic N) is 1. The Morgan fingerprint density at radius 3 is 2.06 bits per heavy atom. The Morgan fingerprint density at radius 2 is 1.40 bits per heavy atom. The fraction of sp³-hybridized carbons (Fsp3) is 0.0714. The van der Waals surface area contributed by atoms with Crippen molar-refractivity contribution < 1.29 is 22.8 Å². The van der Waals surface area contributed by atoms with Crippen LogP contribution in [0, 0.1) is 11.6 Å². The first-order chi connectivity index (χ1) is 16.8. The summed E-state index contributed by atoms with van der Waals surface area (Å²) in [7, 11) is -2.21. The lowest BCUT2D eigenvalue weighted by Crippen LogP contribution is -2.57. The summed E-state index contributed by atoms with van der Waals surface area (Å²) in [5.41, 5.74) is 0.569. The zero-order valence-corrected chi connectivity index (χ0v) is 19.9. The molecule has 0 radical (unpaired) electrons. The van der Waals surface area contributed by atoms with Crippen molar-refractivity contribution >= 4 is 53.3 Å². The summed E-state index contributed by atoms with van der Waals surface area (Å²) in [6, 6.07) is 21.5. The normalized spacial score (nSPS) is 15.7. The van der Waals surface area contributed by atoms with Gasteiger partial charge in [0.1, 0.15) is 25.5 Å². The van der Waals surface area contributed by atoms with Crippen molar-refractivity contribution in [3.8, 4) is 0 Å². The van der Waals surface area contributed by atoms with Crippen LogP contribution in [0.3, 0.4) is 0 Å². The van der Waals surface area contributed by atoms with Gasteiger partial charge in [-0.05, 0) is 47.7 Å². The van der Waals surface area contributed by atoms with Gasteiger partial charge in [0.2, 0.25) is 17.5 Å². The number of benzene rings is 3. The summed E-state index contributed by atoms with van der Waals surface area (Å²) < 4.78 is 34.9. The maximum Gasteiger partial charge on any atom is 0.204 e. The number of hydrogen-bond donors (Lipinski definition) is 0. The van der Waals surface area contributed by atoms with E-state index in [0.29, 0.717) is 5.88 Å². The van der Waals surface area contributed by atoms with Crippen molar-refractivity contribution in [3.63, 3.8) is 0 Å². The number of fused-ring (bicyclic) bond motifs is 3. The van der Waals surface area contributed by atoms with Crippen LogP contribution in [-0.4, -0.2) is 19.6 Å². The summed E-state index contributed by atoms with van der Waals surface area (Å²) in [5.74, 6) is -2.60. The molecule has 6 rings (SSSR count). The van der Waals surface area contributed by atoms with Crippen molar-refractivity contribution in [2.75, 3.05) is 4.90 Å². The van der Waals surface area contributed by atoms with Crippen LogP contribution in [0.15, 0.2) is 82.8 Å². The van der Waals surface area contributed by atoms with Gasteiger partial charge in [0.05, 0.1) is 16.7 Å². The number of allylic oxidation sites excluding steroid dienone is 1. The van der Waals surface area contributed by atoms with E-state index in [1.807, 2.05) is 59.5 Å². The second-order valence-electron chi connectivity index (χ2n) is 9.18. The van der Waals surface area contributed by atoms with Gasteiger partial charge >= 0.3 is 0 Å². The van der Waals surface area contributed by atoms with E-state index in [-0.39, 0.29) is 11.3 Å². The molecule has 0 unspecified atom stereocenters. The molecule has 35 heavy (non-hydrogen) atoms. The quantitative estimate of drug-likeness (QED) is 0.211. The third kappa shape index (κ3) is 3.01. The Balaban J connectivity index is 1.53. The highest BCUT2D eigenvalue weighted by Crippen LogP contribution is 2.40. The van der Waals surface area contributed by atoms with Crippen molar-refractivity contribution in [2.24, 2.45) is 0 Å². The number of anilines is 3. The van der Waals surface area contributed by atoms with Gasteiger partial charge in [-0.3, -0.25) is 14.5 Å². The molecule has 2 aliphatic rings. The van der Waals surface area contributed by atoms with E-state index in [0.717, 1.165) is 28.7 Å². The van der Waals surface area contributed by atoms with Gasteiger partial charge < -0.3 is 4.42 Å². The van der Waals surface area contributed by atoms with Crippen LogP contribution in [0.4, 0.5) is 26.0 Å². The standard InChI is InChI=1S/C28H19F2NO3Si/c1-35(2)22-11-7-6-10-21(22)31(16-8-4-3-5-9-16)28-23(35)15-17(34-28)14-18-26(32)24-19(29)12-13-20(30)25(24)27(18)33/h3-15H,1-2H3. The molecule has 0 bridgehead atoms. The third-order valence-corrected chi connectivity index (χ3v) is 10.2. The molecule has 0 fully saturated rings. The molecule has 0 N–H and O–H groups in total. The summed E-state index contributed by atoms with van der Waals surface area (Å²) >= 11 is 0. The number of rotatable bonds is 2. The predicted molar refractivity (Wildman–Crippen MR) is 133 cm³/mol. The Hall–Kier alpha value is -4.10. The van der Waals surface area contributed by atoms with Crippen LogP contribution in [0.1, 0.15) is 26.5 Å². The topological polar surface area (TPSA) is 50.5 Å². The monoisotopic (exact) mass is 483 g/mol. The largest absolute Gasteiger partial charge is 0.441 e. The van der Waals surface area contributed by atoms with E-state index in [2.05, 4.69) is 19.2 Å². The lowest BCUT2D eigenvalue weighted by atomic mass is 10.1. The molecule has 0 saturated heterocycles. The average Bonchev–Trinajstić information content (AvgIpc) is 3.38. The molecule has 0 amide bonds. The molecule has 3 aromatic carbocycles. The summed E-state index contributed by atoms with van der Waals surface area (Å²) in [6.07, 6.45) is 1.31. The van der Waals surface area contributed by atoms with Gasteiger partial charge in [-0.15, -0.1) is 0 Å². The van der Waals surface area contributed by atoms with E-state index in [4.69, 9.17) is 4.42 Å². The van der Waals surface area contributed by atoms with E-state index in [9.17, 15) is 18.4 Å². The minimum Gasteiger partial charge on any atom is -0.441 e. The zero-order valence-electron chi connectivity index (χ0n) is 18.9. The van der Waals surface area contributed by atoms with Crippen molar-refractivity contribution in [3.05, 3.63) is 107 Å². The number of ketones is 2. The fourth-order valence-corrected chi connectivity index (χ4v) is 7.85. The fourth-order valence-electron chi connectivity index (χ4n) is 5.01. The Kier molecular flexibility index (Phi) is 4.56. The van der Waals surface area contributed by atoms with Crippen LogP contribution in [0.5, 0.6) is 0 Å². The van der Waals surface area contributed by atoms with E-state index < -0.39 is 42.4 Å². The molecule has 7 heteroatoms. The minimum absolute atomic E-state index is 0.287. The van der Waals surface area contributed by atoms with Crippen LogP contribution in [-0.2, 0) is 0 Å². The molecular formula is C28H19F2NO3Si. The molecule has 1 aliphatic carbocycles. The van der Waals surface area contributed by atoms with Crippen molar-refractivity contribution in [1.29, 1.82) is 0 Å². The number of Topliss-reactive ketones (excluding diaryl/α,β-unsaturated/α-hetero) is 2. The second-order valence-corrected chi connectivity index (χ2v) is 13.5. The van der Waals surface area contributed by atoms with E-state index in [1.165, 1.54) is 11.3 Å². The number of hydrogen-bond acceptors (Lipinski definition) is 4. The van der Waals surface area contributed by atoms with Crippen LogP contribution in [0.25, 0.3) is 6.08 Å². The van der Waals surface area contributed by atoms with Gasteiger partial charge in [0.15, 0.2) is 0 Å². The first-order valence-electron chi connectivity index (χ1n) is 11.2. The highest BCUT2D eigenvalue weighted by Gasteiger charge is 2.42. The highest BCUT2D eigenvalue weighted by atomic mass is 28.3. The second kappa shape index (κ2) is 7.45. The van der Waals surface area contributed by atoms with Gasteiger partial charge in [-0.25, -0.2) is 8.78 Å². The first kappa shape index (κ1) is 21.4. The van der Waals surface area contributed by atoms with Gasteiger partial charge in [-0.1, -0.05) is 49.5 Å². The van der Waals surface area contributed by atoms with Crippen LogP contribution in [0.2, 0.25) is 13.1 Å². The summed E-state index contributed by atoms with van der Waals surface area (Å²) in [5, 5.41) is 2.22. The smallest absolute Gasteiger partial charge is 0.204 e. The Morgan fingerprint density at radius 1 is 0.800 bits per heavy atom.